The zero-order valence-electron chi connectivity index (χ0n) is 11.7. The molecule has 0 unspecified atom stereocenters. The number of unbranched alkanes of at least 4 members (excludes halogenated alkanes) is 1. The molecule has 2 N–H and O–H groups in total. The molecule has 1 aromatic carbocycles. The van der Waals surface area contributed by atoms with Crippen LogP contribution in [0, 0.1) is 6.92 Å². The van der Waals surface area contributed by atoms with Crippen LogP contribution < -0.4 is 5.32 Å². The minimum Gasteiger partial charge on any atom is -0.507 e. The summed E-state index contributed by atoms with van der Waals surface area (Å²) in [6, 6.07) is 4.81. The largest absolute Gasteiger partial charge is 0.507 e. The molecule has 112 valence electrons. The van der Waals surface area contributed by atoms with Crippen LogP contribution in [0.3, 0.4) is 0 Å². The number of nitrogens with one attached hydrogen (secondary N) is 1. The lowest BCUT2D eigenvalue weighted by Crippen LogP contribution is -2.24. The average Bonchev–Trinajstić information content (AvgIpc) is 2.86. The van der Waals surface area contributed by atoms with Crippen LogP contribution in [-0.2, 0) is 6.42 Å². The topological polar surface area (TPSA) is 62.2 Å². The number of thiazole rings is 1. The van der Waals surface area contributed by atoms with Gasteiger partial charge in [-0.05, 0) is 44.4 Å². The first-order valence-electron chi connectivity index (χ1n) is 6.74. The van der Waals surface area contributed by atoms with Gasteiger partial charge in [-0.1, -0.05) is 15.9 Å². The smallest absolute Gasteiger partial charge is 0.255 e. The molecule has 0 fully saturated rings. The molecule has 1 aromatic heterocycles. The van der Waals surface area contributed by atoms with E-state index in [1.165, 1.54) is 6.07 Å². The molecule has 0 atom stereocenters. The maximum atomic E-state index is 12.0. The number of phenolic OH excluding ortho intramolecular Hbond substituents is 1. The molecule has 0 saturated heterocycles. The molecule has 0 aliphatic carbocycles. The summed E-state index contributed by atoms with van der Waals surface area (Å²) in [6.07, 6.45) is 2.81. The summed E-state index contributed by atoms with van der Waals surface area (Å²) in [5, 5.41) is 15.7. The van der Waals surface area contributed by atoms with Crippen molar-refractivity contribution >= 4 is 33.2 Å². The molecule has 0 saturated carbocycles. The Balaban J connectivity index is 1.73. The summed E-state index contributed by atoms with van der Waals surface area (Å²) in [5.41, 5.74) is 1.35. The Kier molecular flexibility index (Phi) is 5.76. The van der Waals surface area contributed by atoms with Gasteiger partial charge in [-0.25, -0.2) is 4.98 Å². The van der Waals surface area contributed by atoms with Crippen LogP contribution in [0.2, 0.25) is 0 Å². The van der Waals surface area contributed by atoms with Gasteiger partial charge >= 0.3 is 0 Å². The zero-order valence-corrected chi connectivity index (χ0v) is 14.1. The van der Waals surface area contributed by atoms with Crippen molar-refractivity contribution in [3.63, 3.8) is 0 Å². The number of amides is 1. The quantitative estimate of drug-likeness (QED) is 0.764. The van der Waals surface area contributed by atoms with Gasteiger partial charge in [-0.15, -0.1) is 11.3 Å². The van der Waals surface area contributed by atoms with Gasteiger partial charge in [0, 0.05) is 22.1 Å². The molecular formula is C15H17BrN2O2S. The molecule has 0 bridgehead atoms. The van der Waals surface area contributed by atoms with E-state index in [9.17, 15) is 9.90 Å². The maximum Gasteiger partial charge on any atom is 0.255 e. The first-order chi connectivity index (χ1) is 10.1. The first-order valence-corrected chi connectivity index (χ1v) is 8.41. The highest BCUT2D eigenvalue weighted by Crippen LogP contribution is 2.21. The Bertz CT molecular complexity index is 628. The molecule has 2 aromatic rings. The standard InChI is InChI=1S/C15H17BrN2O2S/c1-10-9-21-14(18-10)4-2-3-7-17-15(20)12-8-11(16)5-6-13(12)19/h5-6,8-9,19H,2-4,7H2,1H3,(H,17,20). The van der Waals surface area contributed by atoms with E-state index in [2.05, 4.69) is 26.2 Å². The molecular weight excluding hydrogens is 352 g/mol. The number of hydrogen-bond acceptors (Lipinski definition) is 4. The molecule has 2 rings (SSSR count). The predicted octanol–water partition coefficient (Wildman–Crippen LogP) is 3.67. The van der Waals surface area contributed by atoms with Crippen LogP contribution in [0.5, 0.6) is 5.75 Å². The Hall–Kier alpha value is -1.40. The normalized spacial score (nSPS) is 10.6. The highest BCUT2D eigenvalue weighted by molar-refractivity contribution is 9.10. The summed E-state index contributed by atoms with van der Waals surface area (Å²) in [5.74, 6) is -0.257. The van der Waals surface area contributed by atoms with Gasteiger partial charge in [-0.2, -0.15) is 0 Å². The lowest BCUT2D eigenvalue weighted by Gasteiger charge is -2.07. The van der Waals surface area contributed by atoms with E-state index in [0.717, 1.165) is 34.4 Å². The fourth-order valence-corrected chi connectivity index (χ4v) is 3.09. The van der Waals surface area contributed by atoms with Gasteiger partial charge in [0.05, 0.1) is 10.6 Å². The number of phenols is 1. The molecule has 0 spiro atoms. The van der Waals surface area contributed by atoms with Gasteiger partial charge in [-0.3, -0.25) is 4.79 Å². The van der Waals surface area contributed by atoms with E-state index in [-0.39, 0.29) is 11.7 Å². The third-order valence-electron chi connectivity index (χ3n) is 2.97. The second-order valence-electron chi connectivity index (χ2n) is 4.76. The molecule has 0 aliphatic rings. The summed E-state index contributed by atoms with van der Waals surface area (Å²) in [4.78, 5) is 16.4. The van der Waals surface area contributed by atoms with Crippen molar-refractivity contribution in [2.24, 2.45) is 0 Å². The van der Waals surface area contributed by atoms with Crippen molar-refractivity contribution in [2.75, 3.05) is 6.54 Å². The monoisotopic (exact) mass is 368 g/mol. The van der Waals surface area contributed by atoms with Crippen LogP contribution >= 0.6 is 27.3 Å². The fourth-order valence-electron chi connectivity index (χ4n) is 1.91. The van der Waals surface area contributed by atoms with E-state index in [1.54, 1.807) is 23.5 Å². The summed E-state index contributed by atoms with van der Waals surface area (Å²) >= 11 is 4.97. The summed E-state index contributed by atoms with van der Waals surface area (Å²) in [7, 11) is 0. The maximum absolute atomic E-state index is 12.0. The second-order valence-corrected chi connectivity index (χ2v) is 6.62. The third kappa shape index (κ3) is 4.82. The van der Waals surface area contributed by atoms with Crippen molar-refractivity contribution in [1.82, 2.24) is 10.3 Å². The van der Waals surface area contributed by atoms with Crippen LogP contribution in [0.15, 0.2) is 28.1 Å². The van der Waals surface area contributed by atoms with Crippen molar-refractivity contribution in [3.8, 4) is 5.75 Å². The number of aromatic nitrogens is 1. The zero-order chi connectivity index (χ0) is 15.2. The van der Waals surface area contributed by atoms with Gasteiger partial charge in [0.2, 0.25) is 0 Å². The number of carbonyl (C=O) groups excluding carboxylic acids is 1. The number of halogens is 1. The second kappa shape index (κ2) is 7.56. The van der Waals surface area contributed by atoms with Crippen molar-refractivity contribution in [1.29, 1.82) is 0 Å². The van der Waals surface area contributed by atoms with Crippen molar-refractivity contribution in [2.45, 2.75) is 26.2 Å². The Morgan fingerprint density at radius 2 is 2.24 bits per heavy atom. The predicted molar refractivity (Wildman–Crippen MR) is 87.9 cm³/mol. The van der Waals surface area contributed by atoms with Crippen LogP contribution in [0.4, 0.5) is 0 Å². The lowest BCUT2D eigenvalue weighted by molar-refractivity contribution is 0.0950. The van der Waals surface area contributed by atoms with Gasteiger partial charge in [0.25, 0.3) is 5.91 Å². The number of aromatic hydroxyl groups is 1. The minimum absolute atomic E-state index is 0.00559. The van der Waals surface area contributed by atoms with E-state index < -0.39 is 0 Å². The number of carbonyl (C=O) groups is 1. The highest BCUT2D eigenvalue weighted by atomic mass is 79.9. The molecule has 21 heavy (non-hydrogen) atoms. The Morgan fingerprint density at radius 1 is 1.43 bits per heavy atom. The molecule has 0 radical (unpaired) electrons. The number of nitrogens with zero attached hydrogens (tertiary/aromatic N) is 1. The molecule has 1 heterocycles. The van der Waals surface area contributed by atoms with Crippen LogP contribution in [-0.4, -0.2) is 22.5 Å². The van der Waals surface area contributed by atoms with E-state index in [1.807, 2.05) is 12.3 Å². The number of rotatable bonds is 6. The third-order valence-corrected chi connectivity index (χ3v) is 4.49. The van der Waals surface area contributed by atoms with Crippen LogP contribution in [0.25, 0.3) is 0 Å². The lowest BCUT2D eigenvalue weighted by atomic mass is 10.2. The molecule has 4 nitrogen and oxygen atoms in total. The first kappa shape index (κ1) is 16.0. The number of benzene rings is 1. The minimum atomic E-state index is -0.251. The summed E-state index contributed by atoms with van der Waals surface area (Å²) in [6.45, 7) is 2.58. The Labute approximate surface area is 136 Å². The van der Waals surface area contributed by atoms with E-state index in [0.29, 0.717) is 12.1 Å². The number of aryl methyl sites for hydroxylation is 2. The summed E-state index contributed by atoms with van der Waals surface area (Å²) < 4.78 is 0.768. The van der Waals surface area contributed by atoms with Gasteiger partial charge < -0.3 is 10.4 Å². The van der Waals surface area contributed by atoms with Gasteiger partial charge in [0.15, 0.2) is 0 Å². The van der Waals surface area contributed by atoms with E-state index >= 15 is 0 Å². The van der Waals surface area contributed by atoms with Crippen molar-refractivity contribution in [3.05, 3.63) is 44.3 Å². The van der Waals surface area contributed by atoms with E-state index in [4.69, 9.17) is 0 Å². The average molecular weight is 369 g/mol. The molecule has 6 heteroatoms. The molecule has 0 aliphatic heterocycles. The highest BCUT2D eigenvalue weighted by Gasteiger charge is 2.10. The molecule has 1 amide bonds. The SMILES string of the molecule is Cc1csc(CCCCNC(=O)c2cc(Br)ccc2O)n1. The van der Waals surface area contributed by atoms with Crippen molar-refractivity contribution < 1.29 is 9.90 Å². The van der Waals surface area contributed by atoms with Gasteiger partial charge in [0.1, 0.15) is 5.75 Å². The number of hydrogen-bond donors (Lipinski definition) is 2. The fraction of sp³-hybridized carbons (Fsp3) is 0.333. The Morgan fingerprint density at radius 3 is 2.95 bits per heavy atom. The van der Waals surface area contributed by atoms with Crippen LogP contribution in [0.1, 0.15) is 33.9 Å².